The van der Waals surface area contributed by atoms with Crippen LogP contribution < -0.4 is 9.47 Å². The molecule has 0 saturated carbocycles. The Kier molecular flexibility index (Phi) is 8.96. The van der Waals surface area contributed by atoms with E-state index < -0.39 is 61.4 Å². The Labute approximate surface area is 219 Å². The third-order valence-electron chi connectivity index (χ3n) is 7.20. The van der Waals surface area contributed by atoms with Gasteiger partial charge in [0.1, 0.15) is 24.4 Å². The number of phenols is 2. The molecule has 0 aromatic heterocycles. The maximum absolute atomic E-state index is 10.6. The maximum atomic E-state index is 10.6. The number of aliphatic hydroxyl groups is 5. The zero-order valence-corrected chi connectivity index (χ0v) is 21.0. The van der Waals surface area contributed by atoms with Crippen LogP contribution in [0.15, 0.2) is 36.4 Å². The van der Waals surface area contributed by atoms with Crippen LogP contribution >= 0.6 is 0 Å². The molecule has 210 valence electrons. The fraction of sp³-hybridized carbons (Fsp3) is 0.538. The number of benzene rings is 2. The molecule has 2 fully saturated rings. The van der Waals surface area contributed by atoms with E-state index in [1.165, 1.54) is 32.4 Å². The quantitative estimate of drug-likeness (QED) is 0.226. The van der Waals surface area contributed by atoms with Crippen molar-refractivity contribution in [3.8, 4) is 23.0 Å². The van der Waals surface area contributed by atoms with Crippen molar-refractivity contribution in [2.45, 2.75) is 42.9 Å². The van der Waals surface area contributed by atoms with Crippen molar-refractivity contribution in [3.05, 3.63) is 47.5 Å². The molecule has 2 aliphatic heterocycles. The summed E-state index contributed by atoms with van der Waals surface area (Å²) < 4.78 is 28.3. The van der Waals surface area contributed by atoms with Crippen molar-refractivity contribution in [3.63, 3.8) is 0 Å². The highest BCUT2D eigenvalue weighted by Gasteiger charge is 2.48. The molecule has 0 unspecified atom stereocenters. The molecular weight excluding hydrogens is 504 g/mol. The number of rotatable bonds is 9. The standard InChI is InChI=1S/C26H34O12/c1-34-18-7-12(3-5-16(18)29)24-14(9-27)15(11-36-24)25(13-4-6-17(30)19(8-13)35-2)38-26-23(33)22(32)21(31)20(10-28)37-26/h3-8,14-15,20-33H,9-11H2,1-2H3/t14-,15+,20+,21-,22-,23+,24+,25-,26-/m0/s1. The van der Waals surface area contributed by atoms with Gasteiger partial charge in [-0.15, -0.1) is 0 Å². The summed E-state index contributed by atoms with van der Waals surface area (Å²) in [6.07, 6.45) is -9.03. The van der Waals surface area contributed by atoms with Crippen LogP contribution in [0.2, 0.25) is 0 Å². The zero-order chi connectivity index (χ0) is 27.6. The normalized spacial score (nSPS) is 32.2. The van der Waals surface area contributed by atoms with E-state index in [1.807, 2.05) is 0 Å². The first kappa shape index (κ1) is 28.3. The van der Waals surface area contributed by atoms with E-state index in [0.29, 0.717) is 11.1 Å². The van der Waals surface area contributed by atoms with Gasteiger partial charge in [0.15, 0.2) is 29.3 Å². The molecule has 9 atom stereocenters. The third kappa shape index (κ3) is 5.40. The number of aliphatic hydroxyl groups excluding tert-OH is 5. The number of phenolic OH excluding ortho intramolecular Hbond substituents is 2. The summed E-state index contributed by atoms with van der Waals surface area (Å²) in [4.78, 5) is 0. The van der Waals surface area contributed by atoms with E-state index >= 15 is 0 Å². The van der Waals surface area contributed by atoms with E-state index in [0.717, 1.165) is 0 Å². The largest absolute Gasteiger partial charge is 0.504 e. The summed E-state index contributed by atoms with van der Waals surface area (Å²) in [5.74, 6) is -0.845. The summed E-state index contributed by atoms with van der Waals surface area (Å²) in [6, 6.07) is 9.26. The Morgan fingerprint density at radius 3 is 2.16 bits per heavy atom. The Morgan fingerprint density at radius 1 is 0.868 bits per heavy atom. The maximum Gasteiger partial charge on any atom is 0.187 e. The number of methoxy groups -OCH3 is 2. The van der Waals surface area contributed by atoms with Gasteiger partial charge in [-0.25, -0.2) is 0 Å². The molecule has 2 aliphatic rings. The third-order valence-corrected chi connectivity index (χ3v) is 7.20. The number of hydrogen-bond donors (Lipinski definition) is 7. The van der Waals surface area contributed by atoms with Gasteiger partial charge >= 0.3 is 0 Å². The van der Waals surface area contributed by atoms with Gasteiger partial charge in [-0.05, 0) is 35.4 Å². The molecule has 0 amide bonds. The van der Waals surface area contributed by atoms with Crippen LogP contribution in [0.1, 0.15) is 23.3 Å². The van der Waals surface area contributed by atoms with E-state index in [2.05, 4.69) is 0 Å². The van der Waals surface area contributed by atoms with E-state index in [1.54, 1.807) is 18.2 Å². The second-order valence-corrected chi connectivity index (χ2v) is 9.38. The van der Waals surface area contributed by atoms with Crippen LogP contribution in [-0.4, -0.2) is 100 Å². The minimum Gasteiger partial charge on any atom is -0.504 e. The highest BCUT2D eigenvalue weighted by molar-refractivity contribution is 5.44. The molecule has 4 rings (SSSR count). The molecule has 7 N–H and O–H groups in total. The fourth-order valence-corrected chi connectivity index (χ4v) is 5.07. The Morgan fingerprint density at radius 2 is 1.53 bits per heavy atom. The van der Waals surface area contributed by atoms with Gasteiger partial charge in [0.2, 0.25) is 0 Å². The first-order valence-electron chi connectivity index (χ1n) is 12.2. The smallest absolute Gasteiger partial charge is 0.187 e. The van der Waals surface area contributed by atoms with Gasteiger partial charge in [0.05, 0.1) is 39.6 Å². The highest BCUT2D eigenvalue weighted by Crippen LogP contribution is 2.48. The van der Waals surface area contributed by atoms with Crippen LogP contribution in [0.3, 0.4) is 0 Å². The molecule has 12 heteroatoms. The minimum atomic E-state index is -1.65. The lowest BCUT2D eigenvalue weighted by molar-refractivity contribution is -0.317. The monoisotopic (exact) mass is 538 g/mol. The van der Waals surface area contributed by atoms with Gasteiger partial charge in [-0.1, -0.05) is 12.1 Å². The number of hydrogen-bond acceptors (Lipinski definition) is 12. The average Bonchev–Trinajstić information content (AvgIpc) is 3.36. The Bertz CT molecular complexity index is 1080. The molecule has 2 aromatic carbocycles. The van der Waals surface area contributed by atoms with Crippen molar-refractivity contribution >= 4 is 0 Å². The molecule has 38 heavy (non-hydrogen) atoms. The topological polar surface area (TPSA) is 188 Å². The molecule has 2 saturated heterocycles. The predicted molar refractivity (Wildman–Crippen MR) is 130 cm³/mol. The van der Waals surface area contributed by atoms with E-state index in [4.69, 9.17) is 23.7 Å². The summed E-state index contributed by atoms with van der Waals surface area (Å²) in [5.41, 5.74) is 1.14. The molecular formula is C26H34O12. The second-order valence-electron chi connectivity index (χ2n) is 9.38. The molecule has 0 bridgehead atoms. The van der Waals surface area contributed by atoms with Crippen molar-refractivity contribution in [1.82, 2.24) is 0 Å². The van der Waals surface area contributed by atoms with Gasteiger partial charge in [0, 0.05) is 18.4 Å². The van der Waals surface area contributed by atoms with Crippen LogP contribution in [0.5, 0.6) is 23.0 Å². The summed E-state index contributed by atoms with van der Waals surface area (Å²) in [6.45, 7) is -0.842. The summed E-state index contributed by atoms with van der Waals surface area (Å²) in [5, 5.41) is 71.2. The van der Waals surface area contributed by atoms with Gasteiger partial charge < -0.3 is 59.4 Å². The molecule has 0 spiro atoms. The van der Waals surface area contributed by atoms with Gasteiger partial charge in [-0.2, -0.15) is 0 Å². The second kappa shape index (κ2) is 12.0. The van der Waals surface area contributed by atoms with Gasteiger partial charge in [0.25, 0.3) is 0 Å². The number of ether oxygens (including phenoxy) is 5. The predicted octanol–water partition coefficient (Wildman–Crippen LogP) is -0.0312. The van der Waals surface area contributed by atoms with Crippen molar-refractivity contribution in [2.24, 2.45) is 11.8 Å². The summed E-state index contributed by atoms with van der Waals surface area (Å²) >= 11 is 0. The van der Waals surface area contributed by atoms with Crippen LogP contribution in [0.25, 0.3) is 0 Å². The van der Waals surface area contributed by atoms with Crippen LogP contribution in [-0.2, 0) is 14.2 Å². The van der Waals surface area contributed by atoms with Gasteiger partial charge in [-0.3, -0.25) is 0 Å². The first-order chi connectivity index (χ1) is 18.2. The molecule has 2 heterocycles. The van der Waals surface area contributed by atoms with Crippen molar-refractivity contribution in [2.75, 3.05) is 34.0 Å². The van der Waals surface area contributed by atoms with E-state index in [-0.39, 0.29) is 36.2 Å². The highest BCUT2D eigenvalue weighted by atomic mass is 16.7. The van der Waals surface area contributed by atoms with E-state index in [9.17, 15) is 35.7 Å². The lowest BCUT2D eigenvalue weighted by Crippen LogP contribution is -2.59. The average molecular weight is 539 g/mol. The Hall–Kier alpha value is -2.68. The van der Waals surface area contributed by atoms with Crippen LogP contribution in [0.4, 0.5) is 0 Å². The Balaban J connectivity index is 1.70. The minimum absolute atomic E-state index is 0.0497. The van der Waals surface area contributed by atoms with Crippen molar-refractivity contribution < 1.29 is 59.4 Å². The number of aromatic hydroxyl groups is 2. The molecule has 0 radical (unpaired) electrons. The summed E-state index contributed by atoms with van der Waals surface area (Å²) in [7, 11) is 2.80. The first-order valence-corrected chi connectivity index (χ1v) is 12.2. The lowest BCUT2D eigenvalue weighted by Gasteiger charge is -2.42. The molecule has 12 nitrogen and oxygen atoms in total. The fourth-order valence-electron chi connectivity index (χ4n) is 5.07. The van der Waals surface area contributed by atoms with Crippen molar-refractivity contribution in [1.29, 1.82) is 0 Å². The van der Waals surface area contributed by atoms with Crippen LogP contribution in [0, 0.1) is 11.8 Å². The molecule has 0 aliphatic carbocycles. The zero-order valence-electron chi connectivity index (χ0n) is 21.0. The SMILES string of the molecule is COc1cc([C@H]2OC[C@@H]([C@@H](O[C@@H]3O[C@H](CO)[C@H](O)[C@H](O)[C@H]3O)c3ccc(O)c(OC)c3)[C@@H]2CO)ccc1O. The lowest BCUT2D eigenvalue weighted by atomic mass is 9.82. The molecule has 2 aromatic rings.